The first-order valence-electron chi connectivity index (χ1n) is 7.42. The molecule has 23 heavy (non-hydrogen) atoms. The molecule has 0 radical (unpaired) electrons. The minimum absolute atomic E-state index is 0.0132. The smallest absolute Gasteiger partial charge is 0.220 e. The van der Waals surface area contributed by atoms with E-state index in [0.29, 0.717) is 4.88 Å². The fraction of sp³-hybridized carbons (Fsp3) is 0.294. The number of thiophene rings is 1. The number of benzene rings is 1. The summed E-state index contributed by atoms with van der Waals surface area (Å²) < 4.78 is 13.5. The van der Waals surface area contributed by atoms with Crippen LogP contribution in [0.15, 0.2) is 40.6 Å². The predicted octanol–water partition coefficient (Wildman–Crippen LogP) is 4.20. The van der Waals surface area contributed by atoms with Gasteiger partial charge in [0.1, 0.15) is 5.82 Å². The first kappa shape index (κ1) is 16.2. The summed E-state index contributed by atoms with van der Waals surface area (Å²) in [6.45, 7) is 0. The van der Waals surface area contributed by atoms with E-state index in [1.165, 1.54) is 23.5 Å². The van der Waals surface area contributed by atoms with Crippen LogP contribution in [0.5, 0.6) is 0 Å². The van der Waals surface area contributed by atoms with Gasteiger partial charge in [-0.05, 0) is 41.6 Å². The van der Waals surface area contributed by atoms with Crippen molar-refractivity contribution in [2.45, 2.75) is 30.2 Å². The molecule has 1 N–H and O–H groups in total. The Labute approximate surface area is 142 Å². The molecule has 3 rings (SSSR count). The molecule has 1 aromatic carbocycles. The zero-order valence-electron chi connectivity index (χ0n) is 12.4. The zero-order valence-corrected chi connectivity index (χ0v) is 14.0. The van der Waals surface area contributed by atoms with Crippen molar-refractivity contribution in [3.05, 3.63) is 52.0 Å². The highest BCUT2D eigenvalue weighted by Gasteiger charge is 2.23. The van der Waals surface area contributed by atoms with Gasteiger partial charge in [0.15, 0.2) is 5.78 Å². The largest absolute Gasteiger partial charge is 0.349 e. The van der Waals surface area contributed by atoms with E-state index in [1.54, 1.807) is 23.9 Å². The number of hydrogen-bond acceptors (Lipinski definition) is 4. The van der Waals surface area contributed by atoms with Gasteiger partial charge in [-0.15, -0.1) is 23.1 Å². The van der Waals surface area contributed by atoms with Crippen LogP contribution in [0.25, 0.3) is 0 Å². The topological polar surface area (TPSA) is 46.2 Å². The second-order valence-electron chi connectivity index (χ2n) is 5.34. The van der Waals surface area contributed by atoms with Crippen LogP contribution < -0.4 is 5.32 Å². The normalized spacial score (nSPS) is 16.7. The highest BCUT2D eigenvalue weighted by molar-refractivity contribution is 7.99. The minimum atomic E-state index is -0.293. The van der Waals surface area contributed by atoms with Crippen LogP contribution in [-0.4, -0.2) is 17.4 Å². The van der Waals surface area contributed by atoms with Gasteiger partial charge in [-0.2, -0.15) is 0 Å². The summed E-state index contributed by atoms with van der Waals surface area (Å²) in [6, 6.07) is 8.10. The number of nitrogens with one attached hydrogen (secondary N) is 1. The summed E-state index contributed by atoms with van der Waals surface area (Å²) in [4.78, 5) is 25.7. The number of thioether (sulfide) groups is 1. The van der Waals surface area contributed by atoms with E-state index < -0.39 is 0 Å². The molecular formula is C17H16FNO2S2. The Hall–Kier alpha value is -1.66. The Morgan fingerprint density at radius 1 is 1.26 bits per heavy atom. The SMILES string of the molecule is O=C(CCC(=O)c1cccs1)NC1CCSc2ccc(F)cc21. The van der Waals surface area contributed by atoms with E-state index in [-0.39, 0.29) is 36.4 Å². The third-order valence-electron chi connectivity index (χ3n) is 3.72. The van der Waals surface area contributed by atoms with Gasteiger partial charge in [0, 0.05) is 23.5 Å². The summed E-state index contributed by atoms with van der Waals surface area (Å²) in [7, 11) is 0. The van der Waals surface area contributed by atoms with E-state index in [0.717, 1.165) is 22.6 Å². The predicted molar refractivity (Wildman–Crippen MR) is 90.5 cm³/mol. The first-order chi connectivity index (χ1) is 11.1. The molecule has 1 atom stereocenters. The van der Waals surface area contributed by atoms with Crippen molar-refractivity contribution in [2.24, 2.45) is 0 Å². The maximum absolute atomic E-state index is 13.5. The molecule has 2 aromatic rings. The molecule has 1 unspecified atom stereocenters. The van der Waals surface area contributed by atoms with Gasteiger partial charge in [0.25, 0.3) is 0 Å². The number of Topliss-reactive ketones (excluding diaryl/α,β-unsaturated/α-hetero) is 1. The molecule has 0 bridgehead atoms. The van der Waals surface area contributed by atoms with Crippen molar-refractivity contribution in [3.63, 3.8) is 0 Å². The average Bonchev–Trinajstić information content (AvgIpc) is 3.08. The van der Waals surface area contributed by atoms with Crippen molar-refractivity contribution in [2.75, 3.05) is 5.75 Å². The van der Waals surface area contributed by atoms with Crippen LogP contribution in [0.4, 0.5) is 4.39 Å². The molecule has 2 heterocycles. The number of halogens is 1. The monoisotopic (exact) mass is 349 g/mol. The lowest BCUT2D eigenvalue weighted by molar-refractivity contribution is -0.121. The molecule has 0 saturated heterocycles. The maximum atomic E-state index is 13.5. The van der Waals surface area contributed by atoms with Gasteiger partial charge in [-0.1, -0.05) is 6.07 Å². The molecule has 0 aliphatic carbocycles. The molecule has 3 nitrogen and oxygen atoms in total. The molecule has 0 fully saturated rings. The lowest BCUT2D eigenvalue weighted by Crippen LogP contribution is -2.30. The molecule has 1 aliphatic rings. The van der Waals surface area contributed by atoms with Gasteiger partial charge in [-0.25, -0.2) is 4.39 Å². The Balaban J connectivity index is 1.59. The lowest BCUT2D eigenvalue weighted by Gasteiger charge is -2.26. The fourth-order valence-corrected chi connectivity index (χ4v) is 4.37. The maximum Gasteiger partial charge on any atom is 0.220 e. The number of carbonyl (C=O) groups excluding carboxylic acids is 2. The number of ketones is 1. The first-order valence-corrected chi connectivity index (χ1v) is 9.28. The summed E-state index contributed by atoms with van der Waals surface area (Å²) in [5.41, 5.74) is 0.833. The summed E-state index contributed by atoms with van der Waals surface area (Å²) in [6.07, 6.45) is 1.13. The van der Waals surface area contributed by atoms with E-state index in [1.807, 2.05) is 11.4 Å². The number of fused-ring (bicyclic) bond motifs is 1. The standard InChI is InChI=1S/C17H16FNO2S2/c18-11-3-5-15-12(10-11)13(7-9-23-15)19-17(21)6-4-14(20)16-2-1-8-22-16/h1-3,5,8,10,13H,4,6-7,9H2,(H,19,21). The Morgan fingerprint density at radius 2 is 2.13 bits per heavy atom. The van der Waals surface area contributed by atoms with Crippen LogP contribution in [0.1, 0.15) is 40.5 Å². The quantitative estimate of drug-likeness (QED) is 0.823. The number of carbonyl (C=O) groups is 2. The van der Waals surface area contributed by atoms with Crippen LogP contribution in [0.3, 0.4) is 0 Å². The van der Waals surface area contributed by atoms with Crippen LogP contribution >= 0.6 is 23.1 Å². The summed E-state index contributed by atoms with van der Waals surface area (Å²) in [5, 5.41) is 4.78. The van der Waals surface area contributed by atoms with E-state index in [2.05, 4.69) is 5.32 Å². The second kappa shape index (κ2) is 7.27. The Kier molecular flexibility index (Phi) is 5.13. The van der Waals surface area contributed by atoms with Crippen molar-refractivity contribution in [1.82, 2.24) is 5.32 Å². The van der Waals surface area contributed by atoms with Gasteiger partial charge >= 0.3 is 0 Å². The van der Waals surface area contributed by atoms with Gasteiger partial charge in [0.2, 0.25) is 5.91 Å². The Morgan fingerprint density at radius 3 is 2.91 bits per heavy atom. The third-order valence-corrected chi connectivity index (χ3v) is 5.76. The van der Waals surface area contributed by atoms with Crippen molar-refractivity contribution in [3.8, 4) is 0 Å². The number of amides is 1. The van der Waals surface area contributed by atoms with E-state index in [4.69, 9.17) is 0 Å². The van der Waals surface area contributed by atoms with Crippen LogP contribution in [-0.2, 0) is 4.79 Å². The highest BCUT2D eigenvalue weighted by atomic mass is 32.2. The van der Waals surface area contributed by atoms with Gasteiger partial charge in [0.05, 0.1) is 10.9 Å². The minimum Gasteiger partial charge on any atom is -0.349 e. The highest BCUT2D eigenvalue weighted by Crippen LogP contribution is 2.36. The summed E-state index contributed by atoms with van der Waals surface area (Å²) in [5.74, 6) is 0.415. The Bertz CT molecular complexity index is 715. The van der Waals surface area contributed by atoms with Crippen LogP contribution in [0.2, 0.25) is 0 Å². The second-order valence-corrected chi connectivity index (χ2v) is 7.42. The fourth-order valence-electron chi connectivity index (χ4n) is 2.57. The molecular weight excluding hydrogens is 333 g/mol. The molecule has 0 saturated carbocycles. The summed E-state index contributed by atoms with van der Waals surface area (Å²) >= 11 is 3.06. The van der Waals surface area contributed by atoms with Crippen molar-refractivity contribution in [1.29, 1.82) is 0 Å². The van der Waals surface area contributed by atoms with Crippen molar-refractivity contribution < 1.29 is 14.0 Å². The molecule has 6 heteroatoms. The van der Waals surface area contributed by atoms with E-state index in [9.17, 15) is 14.0 Å². The third kappa shape index (κ3) is 4.00. The molecule has 1 aliphatic heterocycles. The lowest BCUT2D eigenvalue weighted by atomic mass is 10.0. The van der Waals surface area contributed by atoms with Crippen molar-refractivity contribution >= 4 is 34.8 Å². The average molecular weight is 349 g/mol. The van der Waals surface area contributed by atoms with Crippen LogP contribution in [0, 0.1) is 5.82 Å². The van der Waals surface area contributed by atoms with Gasteiger partial charge < -0.3 is 5.32 Å². The molecule has 120 valence electrons. The van der Waals surface area contributed by atoms with E-state index >= 15 is 0 Å². The molecule has 1 aromatic heterocycles. The zero-order chi connectivity index (χ0) is 16.2. The number of rotatable bonds is 5. The van der Waals surface area contributed by atoms with Gasteiger partial charge in [-0.3, -0.25) is 9.59 Å². The number of hydrogen-bond donors (Lipinski definition) is 1. The molecule has 1 amide bonds. The molecule has 0 spiro atoms.